The molecule has 11 heteroatoms. The van der Waals surface area contributed by atoms with E-state index in [4.69, 9.17) is 23.2 Å². The average molecular weight is 497 g/mol. The Balaban J connectivity index is 1.41. The number of nitrogens with zero attached hydrogens (tertiary/aromatic N) is 5. The van der Waals surface area contributed by atoms with Gasteiger partial charge in [0.15, 0.2) is 0 Å². The quantitative estimate of drug-likeness (QED) is 0.382. The van der Waals surface area contributed by atoms with Crippen LogP contribution in [0.2, 0.25) is 10.0 Å². The van der Waals surface area contributed by atoms with Gasteiger partial charge < -0.3 is 5.32 Å². The third kappa shape index (κ3) is 4.38. The van der Waals surface area contributed by atoms with E-state index in [0.717, 1.165) is 10.4 Å². The molecule has 1 N–H and O–H groups in total. The summed E-state index contributed by atoms with van der Waals surface area (Å²) in [5, 5.41) is 7.96. The number of aromatic nitrogens is 5. The number of thiophene rings is 1. The van der Waals surface area contributed by atoms with E-state index in [9.17, 15) is 9.59 Å². The molecule has 5 rings (SSSR count). The Labute approximate surface area is 201 Å². The Morgan fingerprint density at radius 1 is 1.03 bits per heavy atom. The highest BCUT2D eigenvalue weighted by molar-refractivity contribution is 7.22. The fourth-order valence-corrected chi connectivity index (χ4v) is 4.66. The van der Waals surface area contributed by atoms with Crippen LogP contribution in [0.3, 0.4) is 0 Å². The lowest BCUT2D eigenvalue weighted by atomic mass is 10.2. The van der Waals surface area contributed by atoms with E-state index in [-0.39, 0.29) is 12.1 Å². The fourth-order valence-electron chi connectivity index (χ4n) is 3.30. The van der Waals surface area contributed by atoms with Crippen LogP contribution in [0.25, 0.3) is 26.3 Å². The maximum absolute atomic E-state index is 13.0. The molecule has 2 aromatic carbocycles. The van der Waals surface area contributed by atoms with Crippen molar-refractivity contribution < 1.29 is 4.79 Å². The zero-order valence-electron chi connectivity index (χ0n) is 16.8. The van der Waals surface area contributed by atoms with Gasteiger partial charge in [0.2, 0.25) is 5.91 Å². The predicted octanol–water partition coefficient (Wildman–Crippen LogP) is 4.65. The molecule has 33 heavy (non-hydrogen) atoms. The molecule has 0 fully saturated rings. The minimum absolute atomic E-state index is 0.209. The van der Waals surface area contributed by atoms with Crippen LogP contribution in [0.5, 0.6) is 0 Å². The summed E-state index contributed by atoms with van der Waals surface area (Å²) in [7, 11) is 0. The van der Waals surface area contributed by atoms with Gasteiger partial charge in [-0.05, 0) is 42.0 Å². The topological polar surface area (TPSA) is 94.7 Å². The monoisotopic (exact) mass is 496 g/mol. The van der Waals surface area contributed by atoms with Crippen molar-refractivity contribution in [1.29, 1.82) is 0 Å². The Bertz CT molecular complexity index is 1530. The van der Waals surface area contributed by atoms with E-state index in [1.807, 2.05) is 18.2 Å². The molecule has 0 bridgehead atoms. The number of fused-ring (bicyclic) bond motifs is 1. The van der Waals surface area contributed by atoms with E-state index in [2.05, 4.69) is 20.4 Å². The van der Waals surface area contributed by atoms with Crippen LogP contribution in [0.15, 0.2) is 72.3 Å². The Morgan fingerprint density at radius 2 is 1.82 bits per heavy atom. The van der Waals surface area contributed by atoms with Crippen molar-refractivity contribution in [3.05, 3.63) is 87.9 Å². The van der Waals surface area contributed by atoms with Gasteiger partial charge >= 0.3 is 0 Å². The largest absolute Gasteiger partial charge is 0.323 e. The maximum Gasteiger partial charge on any atom is 0.271 e. The van der Waals surface area contributed by atoms with Gasteiger partial charge in [-0.25, -0.2) is 14.6 Å². The van der Waals surface area contributed by atoms with Gasteiger partial charge in [-0.3, -0.25) is 14.2 Å². The third-order valence-electron chi connectivity index (χ3n) is 4.84. The van der Waals surface area contributed by atoms with Crippen LogP contribution in [-0.4, -0.2) is 30.2 Å². The van der Waals surface area contributed by atoms with E-state index < -0.39 is 5.91 Å². The zero-order chi connectivity index (χ0) is 22.9. The second-order valence-corrected chi connectivity index (χ2v) is 8.98. The number of carbonyl (C=O) groups is 1. The summed E-state index contributed by atoms with van der Waals surface area (Å²) < 4.78 is 3.26. The third-order valence-corrected chi connectivity index (χ3v) is 6.49. The summed E-state index contributed by atoms with van der Waals surface area (Å²) in [4.78, 5) is 35.0. The lowest BCUT2D eigenvalue weighted by Crippen LogP contribution is -2.27. The molecule has 5 aromatic rings. The predicted molar refractivity (Wildman–Crippen MR) is 129 cm³/mol. The molecule has 0 atom stereocenters. The first-order valence-electron chi connectivity index (χ1n) is 9.67. The van der Waals surface area contributed by atoms with Crippen molar-refractivity contribution in [2.75, 3.05) is 5.32 Å². The fraction of sp³-hybridized carbons (Fsp3) is 0.0455. The molecule has 0 aliphatic rings. The molecule has 0 saturated heterocycles. The Kier molecular flexibility index (Phi) is 5.67. The molecule has 1 amide bonds. The minimum Gasteiger partial charge on any atom is -0.323 e. The second kappa shape index (κ2) is 8.78. The number of halogens is 2. The molecule has 0 aliphatic carbocycles. The van der Waals surface area contributed by atoms with Crippen LogP contribution in [0.1, 0.15) is 0 Å². The summed E-state index contributed by atoms with van der Waals surface area (Å²) in [6, 6.07) is 14.2. The number of rotatable bonds is 5. The van der Waals surface area contributed by atoms with Crippen LogP contribution < -0.4 is 10.9 Å². The molecular formula is C22H14Cl2N6O2S. The second-order valence-electron chi connectivity index (χ2n) is 7.06. The number of nitrogens with one attached hydrogen (secondary N) is 1. The van der Waals surface area contributed by atoms with Crippen molar-refractivity contribution in [3.8, 4) is 16.1 Å². The van der Waals surface area contributed by atoms with Crippen LogP contribution in [-0.2, 0) is 11.3 Å². The van der Waals surface area contributed by atoms with E-state index in [1.165, 1.54) is 39.6 Å². The van der Waals surface area contributed by atoms with Gasteiger partial charge in [-0.15, -0.1) is 11.3 Å². The molecule has 3 heterocycles. The van der Waals surface area contributed by atoms with Crippen molar-refractivity contribution in [2.24, 2.45) is 0 Å². The number of anilines is 1. The zero-order valence-corrected chi connectivity index (χ0v) is 19.1. The summed E-state index contributed by atoms with van der Waals surface area (Å²) in [5.41, 5.74) is 2.27. The molecule has 0 spiro atoms. The molecule has 8 nitrogen and oxygen atoms in total. The SMILES string of the molecule is O=C(Cn1cnc2cc(-c3ccc(Cl)cc3)sc2c1=O)Nc1cc(Cl)ccc1-n1cncn1. The van der Waals surface area contributed by atoms with E-state index >= 15 is 0 Å². The van der Waals surface area contributed by atoms with E-state index in [1.54, 1.807) is 30.3 Å². The highest BCUT2D eigenvalue weighted by atomic mass is 35.5. The van der Waals surface area contributed by atoms with Crippen molar-refractivity contribution >= 4 is 56.3 Å². The molecule has 3 aromatic heterocycles. The molecule has 0 aliphatic heterocycles. The summed E-state index contributed by atoms with van der Waals surface area (Å²) >= 11 is 13.4. The van der Waals surface area contributed by atoms with Gasteiger partial charge in [0.05, 0.1) is 23.2 Å². The van der Waals surface area contributed by atoms with E-state index in [0.29, 0.717) is 31.6 Å². The number of hydrogen-bond acceptors (Lipinski definition) is 6. The van der Waals surface area contributed by atoms with Gasteiger partial charge in [-0.1, -0.05) is 35.3 Å². The molecule has 0 radical (unpaired) electrons. The van der Waals surface area contributed by atoms with Gasteiger partial charge in [0, 0.05) is 14.9 Å². The summed E-state index contributed by atoms with van der Waals surface area (Å²) in [5.74, 6) is -0.406. The van der Waals surface area contributed by atoms with Gasteiger partial charge in [0.25, 0.3) is 5.56 Å². The van der Waals surface area contributed by atoms with Crippen LogP contribution in [0, 0.1) is 0 Å². The Hall–Kier alpha value is -3.53. The normalized spacial score (nSPS) is 11.1. The van der Waals surface area contributed by atoms with Gasteiger partial charge in [-0.2, -0.15) is 5.10 Å². The molecule has 0 unspecified atom stereocenters. The van der Waals surface area contributed by atoms with Crippen molar-refractivity contribution in [3.63, 3.8) is 0 Å². The van der Waals surface area contributed by atoms with Crippen molar-refractivity contribution in [2.45, 2.75) is 6.54 Å². The van der Waals surface area contributed by atoms with Gasteiger partial charge in [0.1, 0.15) is 23.9 Å². The van der Waals surface area contributed by atoms with Crippen LogP contribution in [0.4, 0.5) is 5.69 Å². The minimum atomic E-state index is -0.406. The smallest absolute Gasteiger partial charge is 0.271 e. The number of amides is 1. The summed E-state index contributed by atoms with van der Waals surface area (Å²) in [6.45, 7) is -0.209. The Morgan fingerprint density at radius 3 is 2.58 bits per heavy atom. The highest BCUT2D eigenvalue weighted by Gasteiger charge is 2.14. The number of benzene rings is 2. The van der Waals surface area contributed by atoms with Crippen LogP contribution >= 0.6 is 34.5 Å². The first-order chi connectivity index (χ1) is 16.0. The summed E-state index contributed by atoms with van der Waals surface area (Å²) in [6.07, 6.45) is 4.27. The lowest BCUT2D eigenvalue weighted by Gasteiger charge is -2.12. The lowest BCUT2D eigenvalue weighted by molar-refractivity contribution is -0.116. The number of carbonyl (C=O) groups excluding carboxylic acids is 1. The first kappa shape index (κ1) is 21.3. The first-order valence-corrected chi connectivity index (χ1v) is 11.2. The molecular weight excluding hydrogens is 483 g/mol. The van der Waals surface area contributed by atoms with Crippen molar-refractivity contribution in [1.82, 2.24) is 24.3 Å². The maximum atomic E-state index is 13.0. The standard InChI is InChI=1S/C22H14Cl2N6O2S/c23-14-3-1-13(2-4-14)19-8-17-21(33-19)22(32)29(12-26-17)9-20(31)28-16-7-15(24)5-6-18(16)30-11-25-10-27-30/h1-8,10-12H,9H2,(H,28,31). The molecule has 0 saturated carbocycles. The highest BCUT2D eigenvalue weighted by Crippen LogP contribution is 2.31. The average Bonchev–Trinajstić information content (AvgIpc) is 3.47. The molecule has 164 valence electrons. The number of hydrogen-bond donors (Lipinski definition) is 1.